The van der Waals surface area contributed by atoms with E-state index >= 15 is 0 Å². The van der Waals surface area contributed by atoms with Crippen LogP contribution >= 0.6 is 0 Å². The maximum Gasteiger partial charge on any atom is 0.257 e. The highest BCUT2D eigenvalue weighted by Crippen LogP contribution is 2.25. The second kappa shape index (κ2) is 7.98. The third kappa shape index (κ3) is 4.85. The van der Waals surface area contributed by atoms with Crippen LogP contribution in [0.4, 0.5) is 11.4 Å². The molecule has 5 nitrogen and oxygen atoms in total. The van der Waals surface area contributed by atoms with Gasteiger partial charge in [0.1, 0.15) is 5.75 Å². The number of nitrogens with one attached hydrogen (secondary N) is 2. The molecular formula is C18H21N3O2. The molecule has 0 fully saturated rings. The summed E-state index contributed by atoms with van der Waals surface area (Å²) in [4.78, 5) is 16.5. The van der Waals surface area contributed by atoms with Gasteiger partial charge in [0.2, 0.25) is 0 Å². The summed E-state index contributed by atoms with van der Waals surface area (Å²) < 4.78 is 5.71. The summed E-state index contributed by atoms with van der Waals surface area (Å²) in [7, 11) is 0. The van der Waals surface area contributed by atoms with Crippen LogP contribution in [-0.4, -0.2) is 23.5 Å². The van der Waals surface area contributed by atoms with E-state index in [9.17, 15) is 4.79 Å². The van der Waals surface area contributed by atoms with Gasteiger partial charge in [-0.3, -0.25) is 9.78 Å². The summed E-state index contributed by atoms with van der Waals surface area (Å²) in [5.41, 5.74) is 1.87. The van der Waals surface area contributed by atoms with Gasteiger partial charge in [-0.05, 0) is 32.0 Å². The molecule has 23 heavy (non-hydrogen) atoms. The standard InChI is InChI=1S/C18H21N3O2/c1-4-9-20-15-10-14(11-19-12-15)18(22)21-16-7-5-6-8-17(16)23-13(2)3/h4-8,10-13,20H,1,9H2,2-3H3,(H,21,22). The minimum atomic E-state index is -0.237. The number of pyridine rings is 1. The molecule has 1 aromatic carbocycles. The summed E-state index contributed by atoms with van der Waals surface area (Å²) >= 11 is 0. The Morgan fingerprint density at radius 2 is 2.13 bits per heavy atom. The maximum atomic E-state index is 12.4. The highest BCUT2D eigenvalue weighted by atomic mass is 16.5. The highest BCUT2D eigenvalue weighted by Gasteiger charge is 2.11. The van der Waals surface area contributed by atoms with Gasteiger partial charge in [-0.2, -0.15) is 0 Å². The largest absolute Gasteiger partial charge is 0.489 e. The van der Waals surface area contributed by atoms with Gasteiger partial charge in [-0.1, -0.05) is 18.2 Å². The van der Waals surface area contributed by atoms with Crippen LogP contribution in [0.3, 0.4) is 0 Å². The number of carbonyl (C=O) groups is 1. The molecule has 0 atom stereocenters. The van der Waals surface area contributed by atoms with E-state index in [2.05, 4.69) is 22.2 Å². The lowest BCUT2D eigenvalue weighted by molar-refractivity contribution is 0.102. The quantitative estimate of drug-likeness (QED) is 0.765. The number of rotatable bonds is 7. The van der Waals surface area contributed by atoms with Crippen molar-refractivity contribution in [1.82, 2.24) is 4.98 Å². The van der Waals surface area contributed by atoms with Crippen molar-refractivity contribution in [2.75, 3.05) is 17.2 Å². The molecule has 0 aliphatic heterocycles. The molecule has 120 valence electrons. The number of benzene rings is 1. The molecule has 1 aromatic heterocycles. The van der Waals surface area contributed by atoms with Crippen LogP contribution < -0.4 is 15.4 Å². The van der Waals surface area contributed by atoms with Gasteiger partial charge in [0.05, 0.1) is 23.0 Å². The SMILES string of the molecule is C=CCNc1cncc(C(=O)Nc2ccccc2OC(C)C)c1. The molecule has 2 rings (SSSR count). The third-order valence-corrected chi connectivity index (χ3v) is 2.95. The highest BCUT2D eigenvalue weighted by molar-refractivity contribution is 6.05. The molecule has 0 spiro atoms. The van der Waals surface area contributed by atoms with Crippen molar-refractivity contribution in [2.24, 2.45) is 0 Å². The first-order valence-electron chi connectivity index (χ1n) is 7.47. The molecule has 0 bridgehead atoms. The predicted molar refractivity (Wildman–Crippen MR) is 93.1 cm³/mol. The van der Waals surface area contributed by atoms with E-state index in [4.69, 9.17) is 4.74 Å². The molecule has 0 aliphatic rings. The maximum absolute atomic E-state index is 12.4. The Bertz CT molecular complexity index is 683. The number of amides is 1. The average molecular weight is 311 g/mol. The molecular weight excluding hydrogens is 290 g/mol. The van der Waals surface area contributed by atoms with Crippen molar-refractivity contribution < 1.29 is 9.53 Å². The normalized spacial score (nSPS) is 10.2. The lowest BCUT2D eigenvalue weighted by atomic mass is 10.2. The van der Waals surface area contributed by atoms with E-state index in [0.717, 1.165) is 5.69 Å². The van der Waals surface area contributed by atoms with Crippen molar-refractivity contribution >= 4 is 17.3 Å². The molecule has 1 amide bonds. The minimum absolute atomic E-state index is 0.0288. The van der Waals surface area contributed by atoms with Crippen molar-refractivity contribution in [2.45, 2.75) is 20.0 Å². The van der Waals surface area contributed by atoms with Gasteiger partial charge in [0.15, 0.2) is 0 Å². The van der Waals surface area contributed by atoms with Crippen molar-refractivity contribution in [3.05, 3.63) is 60.9 Å². The fourth-order valence-electron chi connectivity index (χ4n) is 1.97. The van der Waals surface area contributed by atoms with Gasteiger partial charge < -0.3 is 15.4 Å². The van der Waals surface area contributed by atoms with Crippen LogP contribution in [0.2, 0.25) is 0 Å². The second-order valence-electron chi connectivity index (χ2n) is 5.25. The van der Waals surface area contributed by atoms with Crippen LogP contribution in [0.1, 0.15) is 24.2 Å². The van der Waals surface area contributed by atoms with Gasteiger partial charge in [0, 0.05) is 18.9 Å². The van der Waals surface area contributed by atoms with Crippen LogP contribution in [0, 0.1) is 0 Å². The smallest absolute Gasteiger partial charge is 0.257 e. The van der Waals surface area contributed by atoms with E-state index in [-0.39, 0.29) is 12.0 Å². The van der Waals surface area contributed by atoms with E-state index < -0.39 is 0 Å². The first kappa shape index (κ1) is 16.5. The summed E-state index contributed by atoms with van der Waals surface area (Å²) in [5, 5.41) is 5.97. The molecule has 2 aromatic rings. The second-order valence-corrected chi connectivity index (χ2v) is 5.25. The van der Waals surface area contributed by atoms with Gasteiger partial charge in [-0.25, -0.2) is 0 Å². The van der Waals surface area contributed by atoms with Crippen LogP contribution in [-0.2, 0) is 0 Å². The number of hydrogen-bond acceptors (Lipinski definition) is 4. The predicted octanol–water partition coefficient (Wildman–Crippen LogP) is 3.72. The Morgan fingerprint density at radius 1 is 1.35 bits per heavy atom. The number of hydrogen-bond donors (Lipinski definition) is 2. The van der Waals surface area contributed by atoms with Crippen LogP contribution in [0.25, 0.3) is 0 Å². The van der Waals surface area contributed by atoms with E-state index in [1.54, 1.807) is 18.3 Å². The zero-order chi connectivity index (χ0) is 16.7. The first-order valence-corrected chi connectivity index (χ1v) is 7.47. The number of nitrogens with zero attached hydrogens (tertiary/aromatic N) is 1. The Balaban J connectivity index is 2.14. The number of carbonyl (C=O) groups excluding carboxylic acids is 1. The van der Waals surface area contributed by atoms with E-state index in [0.29, 0.717) is 23.5 Å². The van der Waals surface area contributed by atoms with E-state index in [1.807, 2.05) is 38.1 Å². The Morgan fingerprint density at radius 3 is 2.87 bits per heavy atom. The minimum Gasteiger partial charge on any atom is -0.489 e. The Kier molecular flexibility index (Phi) is 5.74. The molecule has 0 aliphatic carbocycles. The fraction of sp³-hybridized carbons (Fsp3) is 0.222. The number of aromatic nitrogens is 1. The summed E-state index contributed by atoms with van der Waals surface area (Å²) in [6.45, 7) is 8.14. The monoisotopic (exact) mass is 311 g/mol. The lowest BCUT2D eigenvalue weighted by Crippen LogP contribution is -2.15. The van der Waals surface area contributed by atoms with E-state index in [1.165, 1.54) is 6.20 Å². The molecule has 1 heterocycles. The molecule has 0 radical (unpaired) electrons. The van der Waals surface area contributed by atoms with Crippen molar-refractivity contribution in [1.29, 1.82) is 0 Å². The fourth-order valence-corrected chi connectivity index (χ4v) is 1.97. The van der Waals surface area contributed by atoms with Crippen molar-refractivity contribution in [3.63, 3.8) is 0 Å². The molecule has 0 saturated heterocycles. The van der Waals surface area contributed by atoms with Crippen LogP contribution in [0.5, 0.6) is 5.75 Å². The number of ether oxygens (including phenoxy) is 1. The van der Waals surface area contributed by atoms with Crippen molar-refractivity contribution in [3.8, 4) is 5.75 Å². The summed E-state index contributed by atoms with van der Waals surface area (Å²) in [6.07, 6.45) is 4.96. The van der Waals surface area contributed by atoms with Gasteiger partial charge >= 0.3 is 0 Å². The summed E-state index contributed by atoms with van der Waals surface area (Å²) in [5.74, 6) is 0.407. The molecule has 5 heteroatoms. The lowest BCUT2D eigenvalue weighted by Gasteiger charge is -2.15. The average Bonchev–Trinajstić information content (AvgIpc) is 2.54. The van der Waals surface area contributed by atoms with Gasteiger partial charge in [-0.15, -0.1) is 6.58 Å². The number of anilines is 2. The molecule has 0 saturated carbocycles. The summed E-state index contributed by atoms with van der Waals surface area (Å²) in [6, 6.07) is 9.11. The Hall–Kier alpha value is -2.82. The van der Waals surface area contributed by atoms with Gasteiger partial charge in [0.25, 0.3) is 5.91 Å². The molecule has 0 unspecified atom stereocenters. The third-order valence-electron chi connectivity index (χ3n) is 2.95. The first-order chi connectivity index (χ1) is 11.1. The zero-order valence-corrected chi connectivity index (χ0v) is 13.4. The molecule has 2 N–H and O–H groups in total. The van der Waals surface area contributed by atoms with Crippen LogP contribution in [0.15, 0.2) is 55.4 Å². The number of para-hydroxylation sites is 2. The topological polar surface area (TPSA) is 63.2 Å². The zero-order valence-electron chi connectivity index (χ0n) is 13.4. The Labute approximate surface area is 136 Å².